The van der Waals surface area contributed by atoms with E-state index >= 15 is 0 Å². The maximum atomic E-state index is 5.63. The van der Waals surface area contributed by atoms with Crippen LogP contribution in [0.1, 0.15) is 12.7 Å². The third-order valence-corrected chi connectivity index (χ3v) is 2.82. The van der Waals surface area contributed by atoms with Gasteiger partial charge in [-0.3, -0.25) is 0 Å². The number of aryl methyl sites for hydroxylation is 1. The van der Waals surface area contributed by atoms with E-state index in [1.54, 1.807) is 12.4 Å². The Morgan fingerprint density at radius 3 is 3.00 bits per heavy atom. The van der Waals surface area contributed by atoms with E-state index in [2.05, 4.69) is 32.8 Å². The van der Waals surface area contributed by atoms with E-state index < -0.39 is 0 Å². The zero-order valence-corrected chi connectivity index (χ0v) is 10.5. The maximum Gasteiger partial charge on any atom is 0.152 e. The largest absolute Gasteiger partial charge is 0.483 e. The molecule has 0 amide bonds. The molecule has 0 atom stereocenters. The second kappa shape index (κ2) is 5.12. The van der Waals surface area contributed by atoms with Crippen molar-refractivity contribution in [2.75, 3.05) is 0 Å². The van der Waals surface area contributed by atoms with Crippen molar-refractivity contribution in [1.82, 2.24) is 14.5 Å². The molecule has 0 aliphatic heterocycles. The van der Waals surface area contributed by atoms with Crippen molar-refractivity contribution >= 4 is 15.9 Å². The number of pyridine rings is 1. The second-order valence-electron chi connectivity index (χ2n) is 3.21. The highest BCUT2D eigenvalue weighted by Crippen LogP contribution is 2.21. The molecule has 4 nitrogen and oxygen atoms in total. The Bertz CT molecular complexity index is 470. The SMILES string of the molecule is CCn1ccnc1COc1cccnc1Br. The molecule has 0 N–H and O–H groups in total. The molecule has 0 aromatic carbocycles. The summed E-state index contributed by atoms with van der Waals surface area (Å²) in [5, 5.41) is 0. The van der Waals surface area contributed by atoms with Gasteiger partial charge in [-0.15, -0.1) is 0 Å². The predicted molar refractivity (Wildman–Crippen MR) is 64.2 cm³/mol. The second-order valence-corrected chi connectivity index (χ2v) is 3.96. The Balaban J connectivity index is 2.05. The smallest absolute Gasteiger partial charge is 0.152 e. The summed E-state index contributed by atoms with van der Waals surface area (Å²) in [5.41, 5.74) is 0. The number of hydrogen-bond donors (Lipinski definition) is 0. The van der Waals surface area contributed by atoms with Gasteiger partial charge in [-0.05, 0) is 35.0 Å². The Morgan fingerprint density at radius 1 is 1.38 bits per heavy atom. The highest BCUT2D eigenvalue weighted by atomic mass is 79.9. The Labute approximate surface area is 102 Å². The van der Waals surface area contributed by atoms with Crippen LogP contribution in [0.15, 0.2) is 35.3 Å². The summed E-state index contributed by atoms with van der Waals surface area (Å²) in [5.74, 6) is 1.64. The summed E-state index contributed by atoms with van der Waals surface area (Å²) in [6.45, 7) is 3.42. The lowest BCUT2D eigenvalue weighted by Crippen LogP contribution is -2.05. The van der Waals surface area contributed by atoms with Crippen LogP contribution in [-0.2, 0) is 13.2 Å². The molecular weight excluding hydrogens is 270 g/mol. The quantitative estimate of drug-likeness (QED) is 0.809. The highest BCUT2D eigenvalue weighted by Gasteiger charge is 2.04. The minimum atomic E-state index is 0.450. The van der Waals surface area contributed by atoms with Gasteiger partial charge in [0.15, 0.2) is 5.75 Å². The zero-order valence-electron chi connectivity index (χ0n) is 8.93. The van der Waals surface area contributed by atoms with Crippen LogP contribution in [0.4, 0.5) is 0 Å². The first-order chi connectivity index (χ1) is 7.81. The van der Waals surface area contributed by atoms with E-state index in [1.807, 2.05) is 22.9 Å². The van der Waals surface area contributed by atoms with Crippen LogP contribution >= 0.6 is 15.9 Å². The van der Waals surface area contributed by atoms with Crippen LogP contribution in [-0.4, -0.2) is 14.5 Å². The molecular formula is C11H12BrN3O. The number of halogens is 1. The van der Waals surface area contributed by atoms with Crippen molar-refractivity contribution in [3.63, 3.8) is 0 Å². The van der Waals surface area contributed by atoms with Gasteiger partial charge in [-0.1, -0.05) is 0 Å². The molecule has 0 unspecified atom stereocenters. The molecule has 0 bridgehead atoms. The normalized spacial score (nSPS) is 10.4. The molecule has 0 spiro atoms. The van der Waals surface area contributed by atoms with Crippen molar-refractivity contribution in [2.24, 2.45) is 0 Å². The number of imidazole rings is 1. The van der Waals surface area contributed by atoms with Gasteiger partial charge in [0.2, 0.25) is 0 Å². The molecule has 0 radical (unpaired) electrons. The van der Waals surface area contributed by atoms with Crippen LogP contribution < -0.4 is 4.74 Å². The topological polar surface area (TPSA) is 39.9 Å². The monoisotopic (exact) mass is 281 g/mol. The van der Waals surface area contributed by atoms with Crippen LogP contribution in [0, 0.1) is 0 Å². The minimum Gasteiger partial charge on any atom is -0.483 e. The first-order valence-electron chi connectivity index (χ1n) is 5.04. The zero-order chi connectivity index (χ0) is 11.4. The lowest BCUT2D eigenvalue weighted by atomic mass is 10.4. The standard InChI is InChI=1S/C11H12BrN3O/c1-2-15-7-6-13-10(15)8-16-9-4-3-5-14-11(9)12/h3-7H,2,8H2,1H3. The number of aromatic nitrogens is 3. The van der Waals surface area contributed by atoms with Gasteiger partial charge >= 0.3 is 0 Å². The summed E-state index contributed by atoms with van der Waals surface area (Å²) in [6, 6.07) is 3.71. The molecule has 0 saturated carbocycles. The molecule has 2 aromatic rings. The van der Waals surface area contributed by atoms with Gasteiger partial charge in [-0.25, -0.2) is 9.97 Å². The Morgan fingerprint density at radius 2 is 2.25 bits per heavy atom. The summed E-state index contributed by atoms with van der Waals surface area (Å²) in [6.07, 6.45) is 5.43. The molecule has 0 saturated heterocycles. The first kappa shape index (κ1) is 11.1. The van der Waals surface area contributed by atoms with Crippen molar-refractivity contribution in [2.45, 2.75) is 20.1 Å². The molecule has 2 aromatic heterocycles. The van der Waals surface area contributed by atoms with Gasteiger partial charge in [0.25, 0.3) is 0 Å². The number of nitrogens with zero attached hydrogens (tertiary/aromatic N) is 3. The summed E-state index contributed by atoms with van der Waals surface area (Å²) < 4.78 is 8.39. The minimum absolute atomic E-state index is 0.450. The lowest BCUT2D eigenvalue weighted by molar-refractivity contribution is 0.287. The van der Waals surface area contributed by atoms with E-state index in [-0.39, 0.29) is 0 Å². The third-order valence-electron chi connectivity index (χ3n) is 2.22. The lowest BCUT2D eigenvalue weighted by Gasteiger charge is -2.08. The molecule has 5 heteroatoms. The molecule has 0 aliphatic rings. The fourth-order valence-electron chi connectivity index (χ4n) is 1.39. The van der Waals surface area contributed by atoms with Crippen LogP contribution in [0.5, 0.6) is 5.75 Å². The van der Waals surface area contributed by atoms with Gasteiger partial charge in [0.05, 0.1) is 0 Å². The summed E-state index contributed by atoms with van der Waals surface area (Å²) in [7, 11) is 0. The van der Waals surface area contributed by atoms with Crippen LogP contribution in [0.25, 0.3) is 0 Å². The summed E-state index contributed by atoms with van der Waals surface area (Å²) >= 11 is 3.33. The van der Waals surface area contributed by atoms with Crippen LogP contribution in [0.3, 0.4) is 0 Å². The Hall–Kier alpha value is -1.36. The Kier molecular flexibility index (Phi) is 3.56. The van der Waals surface area contributed by atoms with Crippen molar-refractivity contribution in [1.29, 1.82) is 0 Å². The fourth-order valence-corrected chi connectivity index (χ4v) is 1.75. The third kappa shape index (κ3) is 2.41. The van der Waals surface area contributed by atoms with E-state index in [4.69, 9.17) is 4.74 Å². The van der Waals surface area contributed by atoms with E-state index in [1.165, 1.54) is 0 Å². The van der Waals surface area contributed by atoms with Crippen molar-refractivity contribution < 1.29 is 4.74 Å². The van der Waals surface area contributed by atoms with Gasteiger partial charge in [-0.2, -0.15) is 0 Å². The summed E-state index contributed by atoms with van der Waals surface area (Å²) in [4.78, 5) is 8.32. The predicted octanol–water partition coefficient (Wildman–Crippen LogP) is 2.64. The molecule has 0 fully saturated rings. The molecule has 16 heavy (non-hydrogen) atoms. The fraction of sp³-hybridized carbons (Fsp3) is 0.273. The van der Waals surface area contributed by atoms with E-state index in [9.17, 15) is 0 Å². The van der Waals surface area contributed by atoms with E-state index in [0.29, 0.717) is 11.2 Å². The number of ether oxygens (including phenoxy) is 1. The van der Waals surface area contributed by atoms with Crippen molar-refractivity contribution in [3.05, 3.63) is 41.2 Å². The average Bonchev–Trinajstić information content (AvgIpc) is 2.75. The van der Waals surface area contributed by atoms with E-state index in [0.717, 1.165) is 18.1 Å². The maximum absolute atomic E-state index is 5.63. The molecule has 84 valence electrons. The van der Waals surface area contributed by atoms with Gasteiger partial charge in [0.1, 0.15) is 17.0 Å². The molecule has 0 aliphatic carbocycles. The van der Waals surface area contributed by atoms with Crippen LogP contribution in [0.2, 0.25) is 0 Å². The van der Waals surface area contributed by atoms with Gasteiger partial charge < -0.3 is 9.30 Å². The highest BCUT2D eigenvalue weighted by molar-refractivity contribution is 9.10. The van der Waals surface area contributed by atoms with Crippen molar-refractivity contribution in [3.8, 4) is 5.75 Å². The molecule has 2 rings (SSSR count). The van der Waals surface area contributed by atoms with Gasteiger partial charge in [0, 0.05) is 25.1 Å². The first-order valence-corrected chi connectivity index (χ1v) is 5.84. The average molecular weight is 282 g/mol. The molecule has 2 heterocycles. The number of hydrogen-bond acceptors (Lipinski definition) is 3. The number of rotatable bonds is 4.